The Hall–Kier alpha value is -1.09. The van der Waals surface area contributed by atoms with Crippen molar-refractivity contribution in [3.05, 3.63) is 23.2 Å². The lowest BCUT2D eigenvalue weighted by Gasteiger charge is -2.26. The SMILES string of the molecule is Bc1cc(Cl)ccc1N(B)C(=O)OC(C)(C)C. The van der Waals surface area contributed by atoms with Crippen molar-refractivity contribution in [3.8, 4) is 0 Å². The monoisotopic (exact) mass is 251 g/mol. The molecule has 0 aliphatic heterocycles. The van der Waals surface area contributed by atoms with Gasteiger partial charge in [0, 0.05) is 10.7 Å². The molecule has 0 radical (unpaired) electrons. The topological polar surface area (TPSA) is 29.5 Å². The number of amides is 1. The predicted octanol–water partition coefficient (Wildman–Crippen LogP) is 0.888. The molecule has 90 valence electrons. The van der Waals surface area contributed by atoms with Crippen molar-refractivity contribution in [2.75, 3.05) is 4.81 Å². The van der Waals surface area contributed by atoms with E-state index in [2.05, 4.69) is 0 Å². The molecule has 0 aromatic heterocycles. The van der Waals surface area contributed by atoms with Crippen LogP contribution in [0.15, 0.2) is 18.2 Å². The standard InChI is InChI=1S/C11H16B2ClNO2/c1-11(2,3)17-10(16)15(13)9-5-4-7(14)6-8(9)12/h4-6H,12-13H2,1-3H3. The van der Waals surface area contributed by atoms with Gasteiger partial charge in [0.25, 0.3) is 0 Å². The summed E-state index contributed by atoms with van der Waals surface area (Å²) in [6.45, 7) is 5.52. The zero-order valence-electron chi connectivity index (χ0n) is 10.9. The molecule has 17 heavy (non-hydrogen) atoms. The largest absolute Gasteiger partial charge is 0.444 e. The maximum absolute atomic E-state index is 11.9. The highest BCUT2D eigenvalue weighted by molar-refractivity contribution is 6.42. The number of halogens is 1. The molecule has 3 nitrogen and oxygen atoms in total. The Kier molecular flexibility index (Phi) is 4.15. The number of hydrogen-bond acceptors (Lipinski definition) is 2. The maximum Gasteiger partial charge on any atom is 0.401 e. The first-order valence-electron chi connectivity index (χ1n) is 5.43. The van der Waals surface area contributed by atoms with Gasteiger partial charge in [-0.2, -0.15) is 0 Å². The Labute approximate surface area is 109 Å². The Morgan fingerprint density at radius 3 is 2.47 bits per heavy atom. The molecule has 0 atom stereocenters. The van der Waals surface area contributed by atoms with Crippen molar-refractivity contribution in [2.24, 2.45) is 0 Å². The zero-order chi connectivity index (χ0) is 13.2. The van der Waals surface area contributed by atoms with Crippen LogP contribution in [0.1, 0.15) is 20.8 Å². The second-order valence-corrected chi connectivity index (χ2v) is 5.41. The number of nitrogens with zero attached hydrogens (tertiary/aromatic N) is 1. The molecule has 0 aliphatic rings. The first-order valence-corrected chi connectivity index (χ1v) is 5.81. The van der Waals surface area contributed by atoms with Crippen LogP contribution in [-0.2, 0) is 4.74 Å². The lowest BCUT2D eigenvalue weighted by molar-refractivity contribution is 0.0609. The highest BCUT2D eigenvalue weighted by Crippen LogP contribution is 2.16. The summed E-state index contributed by atoms with van der Waals surface area (Å²) >= 11 is 5.87. The average Bonchev–Trinajstić information content (AvgIpc) is 2.14. The zero-order valence-corrected chi connectivity index (χ0v) is 11.6. The van der Waals surface area contributed by atoms with Crippen molar-refractivity contribution in [1.82, 2.24) is 0 Å². The maximum atomic E-state index is 11.9. The molecule has 1 amide bonds. The summed E-state index contributed by atoms with van der Waals surface area (Å²) in [4.78, 5) is 13.4. The molecular weight excluding hydrogens is 235 g/mol. The molecule has 0 N–H and O–H groups in total. The number of benzene rings is 1. The number of rotatable bonds is 1. The van der Waals surface area contributed by atoms with Gasteiger partial charge in [0.05, 0.1) is 0 Å². The highest BCUT2D eigenvalue weighted by atomic mass is 35.5. The molecule has 1 aromatic rings. The lowest BCUT2D eigenvalue weighted by atomic mass is 9.92. The Morgan fingerprint density at radius 1 is 1.41 bits per heavy atom. The van der Waals surface area contributed by atoms with Gasteiger partial charge in [0.2, 0.25) is 7.98 Å². The minimum absolute atomic E-state index is 0.372. The molecule has 0 heterocycles. The molecule has 1 aromatic carbocycles. The van der Waals surface area contributed by atoms with Gasteiger partial charge in [-0.25, -0.2) is 4.79 Å². The fourth-order valence-electron chi connectivity index (χ4n) is 1.42. The molecule has 1 rings (SSSR count). The van der Waals surface area contributed by atoms with Gasteiger partial charge in [-0.15, -0.1) is 0 Å². The van der Waals surface area contributed by atoms with Crippen LogP contribution in [0.3, 0.4) is 0 Å². The van der Waals surface area contributed by atoms with Crippen molar-refractivity contribution in [3.63, 3.8) is 0 Å². The fourth-order valence-corrected chi connectivity index (χ4v) is 1.65. The number of carbonyl (C=O) groups excluding carboxylic acids is 1. The van der Waals surface area contributed by atoms with E-state index in [0.29, 0.717) is 5.02 Å². The summed E-state index contributed by atoms with van der Waals surface area (Å²) in [5, 5.41) is 0.656. The van der Waals surface area contributed by atoms with Crippen LogP contribution in [-0.4, -0.2) is 27.5 Å². The summed E-state index contributed by atoms with van der Waals surface area (Å²) in [7, 11) is 3.59. The van der Waals surface area contributed by atoms with Crippen LogP contribution in [0.2, 0.25) is 5.02 Å². The summed E-state index contributed by atoms with van der Waals surface area (Å²) in [6, 6.07) is 5.38. The van der Waals surface area contributed by atoms with E-state index in [9.17, 15) is 4.79 Å². The van der Waals surface area contributed by atoms with Gasteiger partial charge in [0.1, 0.15) is 13.4 Å². The summed E-state index contributed by atoms with van der Waals surface area (Å²) in [6.07, 6.45) is -0.372. The molecule has 0 aliphatic carbocycles. The van der Waals surface area contributed by atoms with Crippen LogP contribution >= 0.6 is 11.6 Å². The Balaban J connectivity index is 2.89. The normalized spacial score (nSPS) is 11.1. The minimum Gasteiger partial charge on any atom is -0.444 e. The van der Waals surface area contributed by atoms with Crippen LogP contribution in [0.25, 0.3) is 0 Å². The number of anilines is 1. The van der Waals surface area contributed by atoms with Gasteiger partial charge < -0.3 is 9.55 Å². The van der Waals surface area contributed by atoms with Crippen LogP contribution < -0.4 is 10.3 Å². The predicted molar refractivity (Wildman–Crippen MR) is 76.9 cm³/mol. The number of ether oxygens (including phenoxy) is 1. The van der Waals surface area contributed by atoms with Gasteiger partial charge in [0.15, 0.2) is 0 Å². The van der Waals surface area contributed by atoms with Gasteiger partial charge in [-0.05, 0) is 39.0 Å². The van der Waals surface area contributed by atoms with Gasteiger partial charge in [-0.1, -0.05) is 17.1 Å². The van der Waals surface area contributed by atoms with Crippen molar-refractivity contribution < 1.29 is 9.53 Å². The average molecular weight is 251 g/mol. The summed E-state index contributed by atoms with van der Waals surface area (Å²) in [5.41, 5.74) is 1.24. The highest BCUT2D eigenvalue weighted by Gasteiger charge is 2.20. The molecule has 0 saturated heterocycles. The van der Waals surface area contributed by atoms with E-state index in [1.165, 1.54) is 4.81 Å². The molecule has 0 saturated carbocycles. The quantitative estimate of drug-likeness (QED) is 0.694. The van der Waals surface area contributed by atoms with E-state index in [1.54, 1.807) is 14.0 Å². The first kappa shape index (κ1) is 14.0. The van der Waals surface area contributed by atoms with E-state index in [4.69, 9.17) is 16.3 Å². The van der Waals surface area contributed by atoms with E-state index in [-0.39, 0.29) is 6.09 Å². The van der Waals surface area contributed by atoms with Gasteiger partial charge >= 0.3 is 6.09 Å². The number of hydrogen-bond donors (Lipinski definition) is 0. The summed E-state index contributed by atoms with van der Waals surface area (Å²) in [5.74, 6) is 0. The van der Waals surface area contributed by atoms with E-state index in [0.717, 1.165) is 11.2 Å². The fraction of sp³-hybridized carbons (Fsp3) is 0.364. The van der Waals surface area contributed by atoms with Crippen LogP contribution in [0.4, 0.5) is 10.5 Å². The summed E-state index contributed by atoms with van der Waals surface area (Å²) < 4.78 is 5.29. The third-order valence-electron chi connectivity index (χ3n) is 2.19. The van der Waals surface area contributed by atoms with Crippen molar-refractivity contribution in [2.45, 2.75) is 26.4 Å². The first-order chi connectivity index (χ1) is 7.70. The molecule has 0 fully saturated rings. The minimum atomic E-state index is -0.494. The molecule has 6 heteroatoms. The van der Waals surface area contributed by atoms with Gasteiger partial charge in [-0.3, -0.25) is 0 Å². The van der Waals surface area contributed by atoms with E-state index >= 15 is 0 Å². The second-order valence-electron chi connectivity index (χ2n) is 4.97. The van der Waals surface area contributed by atoms with Crippen molar-refractivity contribution >= 4 is 44.7 Å². The Bertz CT molecular complexity index is 432. The second kappa shape index (κ2) is 5.05. The number of carbonyl (C=O) groups is 1. The third kappa shape index (κ3) is 4.00. The third-order valence-corrected chi connectivity index (χ3v) is 2.42. The Morgan fingerprint density at radius 2 is 2.00 bits per heavy atom. The molecular formula is C11H16B2ClNO2. The van der Waals surface area contributed by atoms with Crippen molar-refractivity contribution in [1.29, 1.82) is 0 Å². The smallest absolute Gasteiger partial charge is 0.401 e. The van der Waals surface area contributed by atoms with Crippen LogP contribution in [0.5, 0.6) is 0 Å². The van der Waals surface area contributed by atoms with E-state index < -0.39 is 5.60 Å². The lowest BCUT2D eigenvalue weighted by Crippen LogP contribution is -2.37. The van der Waals surface area contributed by atoms with E-state index in [1.807, 2.05) is 40.8 Å². The molecule has 0 unspecified atom stereocenters. The molecule has 0 bridgehead atoms. The molecule has 0 spiro atoms. The van der Waals surface area contributed by atoms with Crippen LogP contribution in [0, 0.1) is 0 Å².